The zero-order chi connectivity index (χ0) is 16.5. The fraction of sp³-hybridized carbons (Fsp3) is 0.688. The van der Waals surface area contributed by atoms with Gasteiger partial charge in [-0.1, -0.05) is 40.7 Å². The molecule has 120 valence electrons. The Hall–Kier alpha value is 0.0269. The molecule has 0 aliphatic carbocycles. The van der Waals surface area contributed by atoms with E-state index >= 15 is 0 Å². The van der Waals surface area contributed by atoms with Crippen molar-refractivity contribution in [2.75, 3.05) is 0 Å². The number of thiazole rings is 1. The third kappa shape index (κ3) is 4.50. The second kappa shape index (κ2) is 6.65. The van der Waals surface area contributed by atoms with Gasteiger partial charge in [-0.25, -0.2) is 4.98 Å². The van der Waals surface area contributed by atoms with Gasteiger partial charge in [0.05, 0.1) is 6.10 Å². The van der Waals surface area contributed by atoms with E-state index in [2.05, 4.69) is 75.2 Å². The normalized spacial score (nSPS) is 15.0. The highest BCUT2D eigenvalue weighted by Crippen LogP contribution is 2.42. The molecule has 0 saturated carbocycles. The Balaban J connectivity index is 3.09. The molecule has 0 saturated heterocycles. The fourth-order valence-electron chi connectivity index (χ4n) is 1.86. The van der Waals surface area contributed by atoms with Gasteiger partial charge in [-0.05, 0) is 40.5 Å². The summed E-state index contributed by atoms with van der Waals surface area (Å²) in [6.07, 6.45) is 2.91. The van der Waals surface area contributed by atoms with Crippen molar-refractivity contribution in [3.05, 3.63) is 27.6 Å². The molecule has 1 rings (SSSR count). The van der Waals surface area contributed by atoms with Crippen molar-refractivity contribution in [3.63, 3.8) is 0 Å². The SMILES string of the molecule is C=CCC(O[Si](C)(C)C(C)(C)C)C(C)(C)c1nc(Br)cs1. The van der Waals surface area contributed by atoms with Gasteiger partial charge in [-0.15, -0.1) is 17.9 Å². The number of hydrogen-bond donors (Lipinski definition) is 0. The van der Waals surface area contributed by atoms with E-state index in [0.29, 0.717) is 0 Å². The Bertz CT molecular complexity index is 491. The van der Waals surface area contributed by atoms with Gasteiger partial charge >= 0.3 is 0 Å². The van der Waals surface area contributed by atoms with Crippen LogP contribution in [0.4, 0.5) is 0 Å². The van der Waals surface area contributed by atoms with Crippen LogP contribution in [0.3, 0.4) is 0 Å². The monoisotopic (exact) mass is 389 g/mol. The van der Waals surface area contributed by atoms with Crippen LogP contribution in [0, 0.1) is 0 Å². The van der Waals surface area contributed by atoms with Crippen LogP contribution in [0.2, 0.25) is 18.1 Å². The molecule has 5 heteroatoms. The molecule has 1 aromatic heterocycles. The summed E-state index contributed by atoms with van der Waals surface area (Å²) in [7, 11) is -1.82. The first-order chi connectivity index (χ1) is 9.41. The maximum absolute atomic E-state index is 6.69. The van der Waals surface area contributed by atoms with Crippen LogP contribution in [-0.2, 0) is 9.84 Å². The molecule has 0 aliphatic heterocycles. The molecule has 1 unspecified atom stereocenters. The summed E-state index contributed by atoms with van der Waals surface area (Å²) in [5.74, 6) is 0. The molecule has 0 spiro atoms. The molecule has 0 bridgehead atoms. The highest BCUT2D eigenvalue weighted by molar-refractivity contribution is 9.10. The number of rotatable bonds is 6. The molecule has 1 aromatic rings. The van der Waals surface area contributed by atoms with Gasteiger partial charge in [0.2, 0.25) is 0 Å². The van der Waals surface area contributed by atoms with E-state index in [0.717, 1.165) is 16.0 Å². The third-order valence-electron chi connectivity index (χ3n) is 4.46. The predicted octanol–water partition coefficient (Wildman–Crippen LogP) is 6.15. The van der Waals surface area contributed by atoms with Crippen molar-refractivity contribution in [1.29, 1.82) is 0 Å². The van der Waals surface area contributed by atoms with Gasteiger partial charge in [0, 0.05) is 10.8 Å². The lowest BCUT2D eigenvalue weighted by Gasteiger charge is -2.43. The maximum Gasteiger partial charge on any atom is 0.192 e. The van der Waals surface area contributed by atoms with Crippen molar-refractivity contribution in [2.24, 2.45) is 0 Å². The van der Waals surface area contributed by atoms with Crippen LogP contribution >= 0.6 is 27.3 Å². The standard InChI is InChI=1S/C16H28BrNOSSi/c1-9-10-12(19-21(7,8)15(2,3)4)16(5,6)14-18-13(17)11-20-14/h9,11-12H,1,10H2,2-8H3. The van der Waals surface area contributed by atoms with Crippen molar-refractivity contribution in [2.45, 2.75) is 70.7 Å². The summed E-state index contributed by atoms with van der Waals surface area (Å²) < 4.78 is 7.59. The van der Waals surface area contributed by atoms with E-state index in [1.54, 1.807) is 11.3 Å². The molecular weight excluding hydrogens is 362 g/mol. The minimum Gasteiger partial charge on any atom is -0.413 e. The zero-order valence-electron chi connectivity index (χ0n) is 14.3. The van der Waals surface area contributed by atoms with Crippen LogP contribution in [0.1, 0.15) is 46.0 Å². The van der Waals surface area contributed by atoms with Gasteiger partial charge in [-0.2, -0.15) is 0 Å². The number of nitrogens with zero attached hydrogens (tertiary/aromatic N) is 1. The van der Waals surface area contributed by atoms with Crippen LogP contribution in [0.5, 0.6) is 0 Å². The number of hydrogen-bond acceptors (Lipinski definition) is 3. The lowest BCUT2D eigenvalue weighted by Crippen LogP contribution is -2.49. The van der Waals surface area contributed by atoms with Crippen LogP contribution < -0.4 is 0 Å². The summed E-state index contributed by atoms with van der Waals surface area (Å²) in [6, 6.07) is 0. The lowest BCUT2D eigenvalue weighted by molar-refractivity contribution is 0.111. The topological polar surface area (TPSA) is 22.1 Å². The number of halogens is 1. The van der Waals surface area contributed by atoms with E-state index in [4.69, 9.17) is 4.43 Å². The fourth-order valence-corrected chi connectivity index (χ4v) is 4.74. The Kier molecular flexibility index (Phi) is 6.04. The van der Waals surface area contributed by atoms with E-state index in [1.807, 2.05) is 11.5 Å². The van der Waals surface area contributed by atoms with Gasteiger partial charge in [0.25, 0.3) is 0 Å². The maximum atomic E-state index is 6.69. The lowest BCUT2D eigenvalue weighted by atomic mass is 9.85. The van der Waals surface area contributed by atoms with Gasteiger partial charge < -0.3 is 4.43 Å². The average Bonchev–Trinajstić information content (AvgIpc) is 2.74. The van der Waals surface area contributed by atoms with E-state index < -0.39 is 8.32 Å². The van der Waals surface area contributed by atoms with Crippen molar-refractivity contribution < 1.29 is 4.43 Å². The van der Waals surface area contributed by atoms with Crippen LogP contribution in [0.15, 0.2) is 22.6 Å². The smallest absolute Gasteiger partial charge is 0.192 e. The highest BCUT2D eigenvalue weighted by Gasteiger charge is 2.43. The highest BCUT2D eigenvalue weighted by atomic mass is 79.9. The molecule has 0 radical (unpaired) electrons. The second-order valence-electron chi connectivity index (χ2n) is 7.59. The van der Waals surface area contributed by atoms with E-state index in [-0.39, 0.29) is 16.6 Å². The van der Waals surface area contributed by atoms with Crippen molar-refractivity contribution in [3.8, 4) is 0 Å². The summed E-state index contributed by atoms with van der Waals surface area (Å²) in [4.78, 5) is 4.61. The van der Waals surface area contributed by atoms with Gasteiger partial charge in [-0.3, -0.25) is 0 Å². The molecule has 1 heterocycles. The Morgan fingerprint density at radius 2 is 1.95 bits per heavy atom. The van der Waals surface area contributed by atoms with Crippen LogP contribution in [-0.4, -0.2) is 19.4 Å². The predicted molar refractivity (Wildman–Crippen MR) is 99.7 cm³/mol. The first-order valence-corrected chi connectivity index (χ1v) is 11.9. The largest absolute Gasteiger partial charge is 0.413 e. The number of aromatic nitrogens is 1. The van der Waals surface area contributed by atoms with Gasteiger partial charge in [0.15, 0.2) is 8.32 Å². The molecule has 0 amide bonds. The summed E-state index contributed by atoms with van der Waals surface area (Å²) in [5, 5.41) is 3.35. The van der Waals surface area contributed by atoms with Gasteiger partial charge in [0.1, 0.15) is 9.61 Å². The third-order valence-corrected chi connectivity index (χ3v) is 10.8. The van der Waals surface area contributed by atoms with Crippen molar-refractivity contribution in [1.82, 2.24) is 4.98 Å². The van der Waals surface area contributed by atoms with E-state index in [9.17, 15) is 0 Å². The molecule has 0 fully saturated rings. The molecule has 0 N–H and O–H groups in total. The molecule has 21 heavy (non-hydrogen) atoms. The second-order valence-corrected chi connectivity index (χ2v) is 14.0. The Labute approximate surface area is 143 Å². The summed E-state index contributed by atoms with van der Waals surface area (Å²) in [6.45, 7) is 19.8. The zero-order valence-corrected chi connectivity index (χ0v) is 17.7. The van der Waals surface area contributed by atoms with Crippen molar-refractivity contribution >= 4 is 35.6 Å². The molecule has 0 aromatic carbocycles. The molecule has 0 aliphatic rings. The summed E-state index contributed by atoms with van der Waals surface area (Å²) in [5.41, 5.74) is -0.125. The first-order valence-electron chi connectivity index (χ1n) is 7.32. The van der Waals surface area contributed by atoms with E-state index in [1.165, 1.54) is 0 Å². The Morgan fingerprint density at radius 3 is 2.33 bits per heavy atom. The molecule has 2 nitrogen and oxygen atoms in total. The summed E-state index contributed by atoms with van der Waals surface area (Å²) >= 11 is 5.14. The average molecular weight is 390 g/mol. The minimum absolute atomic E-state index is 0.106. The quantitative estimate of drug-likeness (QED) is 0.429. The molecule has 1 atom stereocenters. The minimum atomic E-state index is -1.82. The Morgan fingerprint density at radius 1 is 1.38 bits per heavy atom. The van der Waals surface area contributed by atoms with Crippen LogP contribution in [0.25, 0.3) is 0 Å². The first kappa shape index (κ1) is 19.1. The molecular formula is C16H28BrNOSSi.